The zero-order chi connectivity index (χ0) is 14.7. The van der Waals surface area contributed by atoms with Crippen molar-refractivity contribution in [2.45, 2.75) is 18.7 Å². The van der Waals surface area contributed by atoms with Crippen LogP contribution in [-0.4, -0.2) is 6.61 Å². The summed E-state index contributed by atoms with van der Waals surface area (Å²) in [5.74, 6) is 0.560. The maximum atomic E-state index is 13.5. The highest BCUT2D eigenvalue weighted by atomic mass is 79.9. The van der Waals surface area contributed by atoms with Crippen LogP contribution in [0.5, 0.6) is 5.75 Å². The van der Waals surface area contributed by atoms with E-state index < -0.39 is 0 Å². The molecule has 0 N–H and O–H groups in total. The van der Waals surface area contributed by atoms with Gasteiger partial charge < -0.3 is 4.74 Å². The molecule has 0 fully saturated rings. The van der Waals surface area contributed by atoms with Crippen molar-refractivity contribution in [1.29, 1.82) is 0 Å². The van der Waals surface area contributed by atoms with Gasteiger partial charge in [0, 0.05) is 10.0 Å². The predicted molar refractivity (Wildman–Crippen MR) is 87.2 cm³/mol. The summed E-state index contributed by atoms with van der Waals surface area (Å²) in [7, 11) is 0. The molecule has 0 aliphatic heterocycles. The second-order valence-electron chi connectivity index (χ2n) is 4.54. The first-order chi connectivity index (χ1) is 9.51. The molecule has 1 atom stereocenters. The third-order valence-electron chi connectivity index (χ3n) is 2.92. The van der Waals surface area contributed by atoms with Crippen LogP contribution in [0.4, 0.5) is 4.39 Å². The molecule has 0 saturated heterocycles. The van der Waals surface area contributed by atoms with E-state index in [4.69, 9.17) is 4.74 Å². The normalized spacial score (nSPS) is 12.2. The van der Waals surface area contributed by atoms with Crippen molar-refractivity contribution in [2.75, 3.05) is 6.61 Å². The van der Waals surface area contributed by atoms with Gasteiger partial charge in [-0.3, -0.25) is 0 Å². The van der Waals surface area contributed by atoms with Gasteiger partial charge >= 0.3 is 0 Å². The molecule has 0 amide bonds. The van der Waals surface area contributed by atoms with Crippen molar-refractivity contribution in [3.05, 3.63) is 63.4 Å². The summed E-state index contributed by atoms with van der Waals surface area (Å²) in [4.78, 5) is -0.115. The van der Waals surface area contributed by atoms with Crippen LogP contribution in [0.15, 0.2) is 40.9 Å². The van der Waals surface area contributed by atoms with Crippen LogP contribution >= 0.6 is 31.9 Å². The van der Waals surface area contributed by atoms with E-state index in [-0.39, 0.29) is 10.6 Å². The summed E-state index contributed by atoms with van der Waals surface area (Å²) >= 11 is 6.98. The molecule has 0 aromatic heterocycles. The van der Waals surface area contributed by atoms with Gasteiger partial charge in [-0.15, -0.1) is 0 Å². The molecule has 0 bridgehead atoms. The van der Waals surface area contributed by atoms with E-state index in [1.54, 1.807) is 0 Å². The molecule has 0 saturated carbocycles. The minimum absolute atomic E-state index is 0.115. The van der Waals surface area contributed by atoms with E-state index in [1.165, 1.54) is 12.1 Å². The lowest BCUT2D eigenvalue weighted by Crippen LogP contribution is -2.01. The molecule has 0 aliphatic carbocycles. The fraction of sp³-hybridized carbons (Fsp3) is 0.250. The molecule has 1 unspecified atom stereocenters. The number of hydrogen-bond acceptors (Lipinski definition) is 1. The summed E-state index contributed by atoms with van der Waals surface area (Å²) in [6.07, 6.45) is 0. The van der Waals surface area contributed by atoms with Crippen LogP contribution in [0.1, 0.15) is 28.4 Å². The molecule has 0 aliphatic rings. The number of alkyl halides is 1. The van der Waals surface area contributed by atoms with E-state index in [0.29, 0.717) is 6.61 Å². The fourth-order valence-electron chi connectivity index (χ4n) is 2.05. The lowest BCUT2D eigenvalue weighted by Gasteiger charge is -2.17. The Morgan fingerprint density at radius 2 is 1.95 bits per heavy atom. The van der Waals surface area contributed by atoms with Gasteiger partial charge in [-0.25, -0.2) is 4.39 Å². The Balaban J connectivity index is 2.46. The fourth-order valence-corrected chi connectivity index (χ4v) is 3.16. The van der Waals surface area contributed by atoms with Crippen molar-refractivity contribution in [3.63, 3.8) is 0 Å². The second kappa shape index (κ2) is 6.72. The minimum Gasteiger partial charge on any atom is -0.494 e. The highest BCUT2D eigenvalue weighted by Gasteiger charge is 2.17. The molecule has 20 heavy (non-hydrogen) atoms. The quantitative estimate of drug-likeness (QED) is 0.590. The molecule has 2 aromatic rings. The Morgan fingerprint density at radius 3 is 2.60 bits per heavy atom. The molecule has 106 valence electrons. The van der Waals surface area contributed by atoms with Gasteiger partial charge in [0.1, 0.15) is 11.6 Å². The summed E-state index contributed by atoms with van der Waals surface area (Å²) < 4.78 is 19.9. The highest BCUT2D eigenvalue weighted by molar-refractivity contribution is 9.10. The van der Waals surface area contributed by atoms with E-state index >= 15 is 0 Å². The minimum atomic E-state index is -0.260. The Morgan fingerprint density at radius 1 is 1.20 bits per heavy atom. The van der Waals surface area contributed by atoms with Crippen molar-refractivity contribution in [1.82, 2.24) is 0 Å². The molecule has 2 aromatic carbocycles. The van der Waals surface area contributed by atoms with Crippen LogP contribution in [0, 0.1) is 12.7 Å². The largest absolute Gasteiger partial charge is 0.494 e. The van der Waals surface area contributed by atoms with Crippen LogP contribution in [0.25, 0.3) is 0 Å². The smallest absolute Gasteiger partial charge is 0.124 e. The van der Waals surface area contributed by atoms with Crippen molar-refractivity contribution in [2.24, 2.45) is 0 Å². The third-order valence-corrected chi connectivity index (χ3v) is 4.40. The van der Waals surface area contributed by atoms with Gasteiger partial charge in [0.2, 0.25) is 0 Å². The molecule has 0 spiro atoms. The molecule has 4 heteroatoms. The number of ether oxygens (including phenoxy) is 1. The van der Waals surface area contributed by atoms with Gasteiger partial charge in [-0.1, -0.05) is 49.6 Å². The standard InChI is InChI=1S/C16H15Br2FO/c1-3-20-15-5-4-10(2)6-14(15)16(18)11-7-12(17)9-13(19)8-11/h4-9,16H,3H2,1-2H3. The summed E-state index contributed by atoms with van der Waals surface area (Å²) in [5, 5.41) is 0. The molecule has 2 rings (SSSR count). The first-order valence-electron chi connectivity index (χ1n) is 6.34. The van der Waals surface area contributed by atoms with Gasteiger partial charge in [0.15, 0.2) is 0 Å². The first-order valence-corrected chi connectivity index (χ1v) is 8.05. The number of aryl methyl sites for hydroxylation is 1. The van der Waals surface area contributed by atoms with E-state index in [2.05, 4.69) is 37.9 Å². The van der Waals surface area contributed by atoms with Crippen molar-refractivity contribution >= 4 is 31.9 Å². The van der Waals surface area contributed by atoms with E-state index in [0.717, 1.165) is 26.9 Å². The lowest BCUT2D eigenvalue weighted by atomic mass is 10.0. The van der Waals surface area contributed by atoms with Crippen LogP contribution in [0.2, 0.25) is 0 Å². The number of halogens is 3. The first kappa shape index (κ1) is 15.5. The summed E-state index contributed by atoms with van der Waals surface area (Å²) in [6.45, 7) is 4.58. The Hall–Kier alpha value is -0.870. The summed E-state index contributed by atoms with van der Waals surface area (Å²) in [6, 6.07) is 10.9. The Labute approximate surface area is 135 Å². The monoisotopic (exact) mass is 400 g/mol. The van der Waals surface area contributed by atoms with Gasteiger partial charge in [-0.2, -0.15) is 0 Å². The van der Waals surface area contributed by atoms with Crippen LogP contribution in [-0.2, 0) is 0 Å². The van der Waals surface area contributed by atoms with Crippen LogP contribution in [0.3, 0.4) is 0 Å². The molecule has 0 radical (unpaired) electrons. The number of benzene rings is 2. The molecular formula is C16H15Br2FO. The Kier molecular flexibility index (Phi) is 5.22. The predicted octanol–water partition coefficient (Wildman–Crippen LogP) is 5.78. The third kappa shape index (κ3) is 3.61. The average molecular weight is 402 g/mol. The average Bonchev–Trinajstić information content (AvgIpc) is 2.39. The topological polar surface area (TPSA) is 9.23 Å². The zero-order valence-corrected chi connectivity index (χ0v) is 14.5. The van der Waals surface area contributed by atoms with Gasteiger partial charge in [-0.05, 0) is 43.7 Å². The summed E-state index contributed by atoms with van der Waals surface area (Å²) in [5.41, 5.74) is 3.00. The maximum absolute atomic E-state index is 13.5. The SMILES string of the molecule is CCOc1ccc(C)cc1C(Br)c1cc(F)cc(Br)c1. The molecule has 1 nitrogen and oxygen atoms in total. The molecular weight excluding hydrogens is 387 g/mol. The van der Waals surface area contributed by atoms with E-state index in [1.807, 2.05) is 32.0 Å². The second-order valence-corrected chi connectivity index (χ2v) is 6.37. The number of hydrogen-bond donors (Lipinski definition) is 0. The maximum Gasteiger partial charge on any atom is 0.124 e. The zero-order valence-electron chi connectivity index (χ0n) is 11.3. The van der Waals surface area contributed by atoms with Gasteiger partial charge in [0.25, 0.3) is 0 Å². The highest BCUT2D eigenvalue weighted by Crippen LogP contribution is 2.38. The van der Waals surface area contributed by atoms with Crippen LogP contribution < -0.4 is 4.74 Å². The Bertz CT molecular complexity index is 593. The lowest BCUT2D eigenvalue weighted by molar-refractivity contribution is 0.337. The number of rotatable bonds is 4. The van der Waals surface area contributed by atoms with Crippen molar-refractivity contribution < 1.29 is 9.13 Å². The van der Waals surface area contributed by atoms with E-state index in [9.17, 15) is 4.39 Å². The van der Waals surface area contributed by atoms with Crippen molar-refractivity contribution in [3.8, 4) is 5.75 Å². The van der Waals surface area contributed by atoms with Gasteiger partial charge in [0.05, 0.1) is 11.4 Å². The molecule has 0 heterocycles.